The van der Waals surface area contributed by atoms with Crippen molar-refractivity contribution >= 4 is 36.3 Å². The van der Waals surface area contributed by atoms with Crippen molar-refractivity contribution in [3.8, 4) is 0 Å². The van der Waals surface area contributed by atoms with Crippen LogP contribution in [0.3, 0.4) is 0 Å². The highest BCUT2D eigenvalue weighted by atomic mass is 31.2. The number of hydrogen-bond donors (Lipinski definition) is 0. The molecule has 0 N–H and O–H groups in total. The summed E-state index contributed by atoms with van der Waals surface area (Å²) in [4.78, 5) is 0. The Kier molecular flexibility index (Phi) is 16.2. The molecule has 2 rings (SSSR count). The SMILES string of the molecule is CCCCP(CCCC)(CCCC)=Nc1cccc2cccc(N=P(CCCC)(CCCC)CCCC)c12. The van der Waals surface area contributed by atoms with Gasteiger partial charge in [0.1, 0.15) is 0 Å². The van der Waals surface area contributed by atoms with E-state index in [4.69, 9.17) is 9.49 Å². The van der Waals surface area contributed by atoms with Crippen LogP contribution in [0.1, 0.15) is 119 Å². The number of unbranched alkanes of at least 4 members (excludes halogenated alkanes) is 6. The number of fused-ring (bicyclic) bond motifs is 1. The fourth-order valence-corrected chi connectivity index (χ4v) is 14.2. The van der Waals surface area contributed by atoms with E-state index in [1.807, 2.05) is 0 Å². The molecule has 2 aromatic rings. The molecule has 0 bridgehead atoms. The fraction of sp³-hybridized carbons (Fsp3) is 0.706. The quantitative estimate of drug-likeness (QED) is 0.144. The van der Waals surface area contributed by atoms with Gasteiger partial charge in [-0.3, -0.25) is 9.49 Å². The van der Waals surface area contributed by atoms with E-state index in [1.54, 1.807) is 0 Å². The molecular formula is C34H60N2P2. The van der Waals surface area contributed by atoms with Gasteiger partial charge >= 0.3 is 0 Å². The standard InChI is InChI=1S/C34H60N2P2/c1-7-13-25-37(26-14-8-2,27-15-9-3)35-32-23-19-21-31-22-20-24-33(34(31)32)36-38(28-16-10-4,29-17-11-5)30-18-12-6/h19-24H,7-18,25-30H2,1-6H3. The van der Waals surface area contributed by atoms with Crippen molar-refractivity contribution in [2.24, 2.45) is 9.49 Å². The van der Waals surface area contributed by atoms with Crippen molar-refractivity contribution in [3.63, 3.8) is 0 Å². The highest BCUT2D eigenvalue weighted by Crippen LogP contribution is 2.58. The van der Waals surface area contributed by atoms with Gasteiger partial charge in [0.05, 0.1) is 11.4 Å². The zero-order valence-corrected chi connectivity index (χ0v) is 27.8. The summed E-state index contributed by atoms with van der Waals surface area (Å²) in [6, 6.07) is 13.7. The predicted octanol–water partition coefficient (Wildman–Crippen LogP) is 13.3. The Hall–Kier alpha value is -0.840. The normalized spacial score (nSPS) is 12.3. The van der Waals surface area contributed by atoms with Crippen LogP contribution in [-0.4, -0.2) is 37.0 Å². The Balaban J connectivity index is 2.82. The average Bonchev–Trinajstić information content (AvgIpc) is 2.94. The summed E-state index contributed by atoms with van der Waals surface area (Å²) in [6.07, 6.45) is 23.4. The van der Waals surface area contributed by atoms with Crippen LogP contribution < -0.4 is 0 Å². The van der Waals surface area contributed by atoms with E-state index >= 15 is 0 Å². The molecule has 0 fully saturated rings. The van der Waals surface area contributed by atoms with Gasteiger partial charge in [-0.05, 0) is 107 Å². The Labute approximate surface area is 237 Å². The zero-order chi connectivity index (χ0) is 27.7. The molecule has 0 spiro atoms. The van der Waals surface area contributed by atoms with E-state index in [1.165, 1.54) is 136 Å². The Morgan fingerprint density at radius 2 is 0.737 bits per heavy atom. The molecule has 0 atom stereocenters. The monoisotopic (exact) mass is 558 g/mol. The first-order valence-corrected chi connectivity index (χ1v) is 20.8. The van der Waals surface area contributed by atoms with Crippen LogP contribution in [0.2, 0.25) is 0 Å². The molecule has 0 aliphatic rings. The maximum Gasteiger partial charge on any atom is 0.0713 e. The van der Waals surface area contributed by atoms with Gasteiger partial charge in [-0.2, -0.15) is 0 Å². The maximum absolute atomic E-state index is 5.87. The molecule has 0 radical (unpaired) electrons. The van der Waals surface area contributed by atoms with Gasteiger partial charge in [-0.25, -0.2) is 0 Å². The van der Waals surface area contributed by atoms with Crippen LogP contribution in [0, 0.1) is 0 Å². The van der Waals surface area contributed by atoms with Crippen LogP contribution >= 0.6 is 14.1 Å². The van der Waals surface area contributed by atoms with Crippen molar-refractivity contribution < 1.29 is 0 Å². The average molecular weight is 559 g/mol. The summed E-state index contributed by atoms with van der Waals surface area (Å²) in [6.45, 7) is 14.1. The minimum atomic E-state index is -1.40. The van der Waals surface area contributed by atoms with Crippen LogP contribution in [-0.2, 0) is 0 Å². The number of hydrogen-bond acceptors (Lipinski definition) is 2. The first-order chi connectivity index (χ1) is 18.5. The lowest BCUT2D eigenvalue weighted by Crippen LogP contribution is -2.02. The lowest BCUT2D eigenvalue weighted by Gasteiger charge is -2.27. The molecule has 0 aromatic heterocycles. The fourth-order valence-electron chi connectivity index (χ4n) is 5.61. The highest BCUT2D eigenvalue weighted by Gasteiger charge is 2.22. The summed E-state index contributed by atoms with van der Waals surface area (Å²) < 4.78 is 11.7. The van der Waals surface area contributed by atoms with Gasteiger partial charge < -0.3 is 0 Å². The smallest absolute Gasteiger partial charge is 0.0713 e. The second kappa shape index (κ2) is 18.5. The van der Waals surface area contributed by atoms with Gasteiger partial charge in [0.2, 0.25) is 0 Å². The van der Waals surface area contributed by atoms with Gasteiger partial charge in [-0.15, -0.1) is 0 Å². The van der Waals surface area contributed by atoms with Crippen molar-refractivity contribution in [2.75, 3.05) is 37.0 Å². The lowest BCUT2D eigenvalue weighted by atomic mass is 10.1. The first-order valence-electron chi connectivity index (χ1n) is 16.2. The van der Waals surface area contributed by atoms with Crippen molar-refractivity contribution in [1.29, 1.82) is 0 Å². The van der Waals surface area contributed by atoms with E-state index < -0.39 is 14.1 Å². The van der Waals surface area contributed by atoms with E-state index in [2.05, 4.69) is 77.9 Å². The number of benzene rings is 2. The van der Waals surface area contributed by atoms with Gasteiger partial charge in [0.25, 0.3) is 0 Å². The van der Waals surface area contributed by atoms with E-state index in [-0.39, 0.29) is 0 Å². The molecular weight excluding hydrogens is 498 g/mol. The largest absolute Gasteiger partial charge is 0.267 e. The number of nitrogens with zero attached hydrogens (tertiary/aromatic N) is 2. The molecule has 2 nitrogen and oxygen atoms in total. The third-order valence-electron chi connectivity index (χ3n) is 8.07. The molecule has 0 unspecified atom stereocenters. The molecule has 38 heavy (non-hydrogen) atoms. The van der Waals surface area contributed by atoms with Gasteiger partial charge in [0, 0.05) is 5.39 Å². The first kappa shape index (κ1) is 33.4. The molecule has 0 aliphatic carbocycles. The second-order valence-electron chi connectivity index (χ2n) is 11.5. The van der Waals surface area contributed by atoms with Crippen molar-refractivity contribution in [1.82, 2.24) is 0 Å². The predicted molar refractivity (Wildman–Crippen MR) is 181 cm³/mol. The molecule has 0 aliphatic heterocycles. The Morgan fingerprint density at radius 1 is 0.447 bits per heavy atom. The summed E-state index contributed by atoms with van der Waals surface area (Å²) in [7, 11) is -2.81. The Bertz CT molecular complexity index is 904. The molecule has 0 saturated heterocycles. The molecule has 4 heteroatoms. The van der Waals surface area contributed by atoms with Crippen molar-refractivity contribution in [2.45, 2.75) is 119 Å². The molecule has 216 valence electrons. The summed E-state index contributed by atoms with van der Waals surface area (Å²) in [5.74, 6) is 0. The van der Waals surface area contributed by atoms with E-state index in [9.17, 15) is 0 Å². The lowest BCUT2D eigenvalue weighted by molar-refractivity contribution is 0.840. The molecule has 0 amide bonds. The van der Waals surface area contributed by atoms with E-state index in [0.29, 0.717) is 0 Å². The van der Waals surface area contributed by atoms with Crippen LogP contribution in [0.5, 0.6) is 0 Å². The third kappa shape index (κ3) is 10.3. The second-order valence-corrected chi connectivity index (χ2v) is 19.0. The van der Waals surface area contributed by atoms with Gasteiger partial charge in [0.15, 0.2) is 0 Å². The molecule has 0 heterocycles. The molecule has 2 aromatic carbocycles. The van der Waals surface area contributed by atoms with Crippen LogP contribution in [0.25, 0.3) is 10.8 Å². The van der Waals surface area contributed by atoms with Crippen molar-refractivity contribution in [3.05, 3.63) is 36.4 Å². The summed E-state index contributed by atoms with van der Waals surface area (Å²) in [5, 5.41) is 2.67. The minimum Gasteiger partial charge on any atom is -0.267 e. The van der Waals surface area contributed by atoms with E-state index in [0.717, 1.165) is 0 Å². The summed E-state index contributed by atoms with van der Waals surface area (Å²) >= 11 is 0. The van der Waals surface area contributed by atoms with Crippen LogP contribution in [0.4, 0.5) is 11.4 Å². The maximum atomic E-state index is 5.87. The zero-order valence-electron chi connectivity index (χ0n) is 26.0. The van der Waals surface area contributed by atoms with Gasteiger partial charge in [-0.1, -0.05) is 104 Å². The number of rotatable bonds is 20. The highest BCUT2D eigenvalue weighted by molar-refractivity contribution is 7.66. The third-order valence-corrected chi connectivity index (χ3v) is 16.2. The molecule has 0 saturated carbocycles. The Morgan fingerprint density at radius 3 is 1.00 bits per heavy atom. The topological polar surface area (TPSA) is 24.7 Å². The minimum absolute atomic E-state index is 1.25. The summed E-state index contributed by atoms with van der Waals surface area (Å²) in [5.41, 5.74) is 2.50. The van der Waals surface area contributed by atoms with Crippen LogP contribution in [0.15, 0.2) is 45.9 Å².